The minimum Gasteiger partial charge on any atom is -0.389 e. The number of aliphatic hydroxyl groups is 1. The first-order valence-electron chi connectivity index (χ1n) is 11.6. The van der Waals surface area contributed by atoms with Gasteiger partial charge in [0.05, 0.1) is 17.8 Å². The van der Waals surface area contributed by atoms with Gasteiger partial charge in [-0.1, -0.05) is 0 Å². The van der Waals surface area contributed by atoms with Crippen LogP contribution in [0.4, 0.5) is 10.2 Å². The van der Waals surface area contributed by atoms with Crippen LogP contribution in [-0.4, -0.2) is 75.3 Å². The molecular weight excluding hydrogens is 407 g/mol. The molecule has 2 aromatic heterocycles. The molecule has 2 saturated heterocycles. The highest BCUT2D eigenvalue weighted by molar-refractivity contribution is 5.82. The summed E-state index contributed by atoms with van der Waals surface area (Å²) in [5.74, 6) is 2.75. The van der Waals surface area contributed by atoms with E-state index in [4.69, 9.17) is 9.97 Å². The molecule has 6 rings (SSSR count). The van der Waals surface area contributed by atoms with Crippen LogP contribution in [0.3, 0.4) is 0 Å². The minimum atomic E-state index is -0.869. The third kappa shape index (κ3) is 3.46. The summed E-state index contributed by atoms with van der Waals surface area (Å²) in [4.78, 5) is 13.8. The highest BCUT2D eigenvalue weighted by Gasteiger charge is 2.32. The Kier molecular flexibility index (Phi) is 4.69. The number of rotatable bonds is 4. The predicted molar refractivity (Wildman–Crippen MR) is 121 cm³/mol. The Morgan fingerprint density at radius 1 is 1.03 bits per heavy atom. The van der Waals surface area contributed by atoms with Gasteiger partial charge in [-0.25, -0.2) is 19.0 Å². The van der Waals surface area contributed by atoms with Crippen LogP contribution in [0.25, 0.3) is 16.7 Å². The second-order valence-electron chi connectivity index (χ2n) is 9.77. The van der Waals surface area contributed by atoms with Crippen LogP contribution in [0.2, 0.25) is 0 Å². The van der Waals surface area contributed by atoms with E-state index >= 15 is 0 Å². The van der Waals surface area contributed by atoms with Crippen molar-refractivity contribution in [2.75, 3.05) is 38.1 Å². The van der Waals surface area contributed by atoms with Gasteiger partial charge in [-0.3, -0.25) is 0 Å². The van der Waals surface area contributed by atoms with E-state index in [0.29, 0.717) is 25.6 Å². The lowest BCUT2D eigenvalue weighted by molar-refractivity contribution is 0.139. The maximum Gasteiger partial charge on any atom is 0.159 e. The summed E-state index contributed by atoms with van der Waals surface area (Å²) in [6.07, 6.45) is 3.74. The van der Waals surface area contributed by atoms with Crippen molar-refractivity contribution in [3.63, 3.8) is 0 Å². The molecule has 168 valence electrons. The molecule has 4 heterocycles. The van der Waals surface area contributed by atoms with Crippen molar-refractivity contribution in [2.24, 2.45) is 0 Å². The molecule has 0 unspecified atom stereocenters. The first kappa shape index (κ1) is 20.1. The first-order chi connectivity index (χ1) is 15.5. The summed E-state index contributed by atoms with van der Waals surface area (Å²) >= 11 is 0. The summed E-state index contributed by atoms with van der Waals surface area (Å²) in [5, 5.41) is 15.4. The first-order valence-corrected chi connectivity index (χ1v) is 11.6. The van der Waals surface area contributed by atoms with Crippen molar-refractivity contribution < 1.29 is 9.50 Å². The number of halogens is 1. The third-order valence-corrected chi connectivity index (χ3v) is 7.16. The number of aryl methyl sites for hydroxylation is 1. The maximum absolute atomic E-state index is 15.0. The Balaban J connectivity index is 1.43. The zero-order chi connectivity index (χ0) is 22.0. The standard InChI is InChI=1S/C24H29FN6O/c1-14-7-16-10-26-31(21(16)8-19(14)18-5-6-29(2)13-20(18)25)23-9-22(30-11-17(32)12-30)27-24(28-23)15-3-4-15/h7-10,15,17-18,20,32H,3-6,11-13H2,1-2H3/t18-,20-/m1/s1. The Morgan fingerprint density at radius 2 is 1.81 bits per heavy atom. The average Bonchev–Trinajstić information content (AvgIpc) is 3.52. The van der Waals surface area contributed by atoms with Crippen LogP contribution in [0.5, 0.6) is 0 Å². The van der Waals surface area contributed by atoms with Gasteiger partial charge in [0.1, 0.15) is 17.8 Å². The summed E-state index contributed by atoms with van der Waals surface area (Å²) in [7, 11) is 1.98. The summed E-state index contributed by atoms with van der Waals surface area (Å²) in [6.45, 7) is 4.64. The van der Waals surface area contributed by atoms with Crippen molar-refractivity contribution >= 4 is 16.7 Å². The number of anilines is 1. The lowest BCUT2D eigenvalue weighted by Crippen LogP contribution is -2.51. The summed E-state index contributed by atoms with van der Waals surface area (Å²) in [5.41, 5.74) is 3.14. The Bertz CT molecular complexity index is 1170. The van der Waals surface area contributed by atoms with E-state index in [9.17, 15) is 9.50 Å². The molecule has 3 aromatic rings. The van der Waals surface area contributed by atoms with Crippen LogP contribution in [-0.2, 0) is 0 Å². The molecule has 1 aromatic carbocycles. The molecule has 0 radical (unpaired) electrons. The van der Waals surface area contributed by atoms with Crippen LogP contribution in [0.1, 0.15) is 48.0 Å². The Morgan fingerprint density at radius 3 is 2.53 bits per heavy atom. The number of likely N-dealkylation sites (tertiary alicyclic amines) is 1. The number of fused-ring (bicyclic) bond motifs is 1. The summed E-state index contributed by atoms with van der Waals surface area (Å²) < 4.78 is 16.8. The molecule has 2 aliphatic heterocycles. The quantitative estimate of drug-likeness (QED) is 0.678. The van der Waals surface area contributed by atoms with Crippen molar-refractivity contribution in [3.05, 3.63) is 41.3 Å². The number of hydrogen-bond donors (Lipinski definition) is 1. The molecule has 1 aliphatic carbocycles. The SMILES string of the molecule is Cc1cc2cnn(-c3cc(N4CC(O)C4)nc(C4CC4)n3)c2cc1[C@H]1CCN(C)C[C@H]1F. The predicted octanol–water partition coefficient (Wildman–Crippen LogP) is 2.94. The topological polar surface area (TPSA) is 70.3 Å². The van der Waals surface area contributed by atoms with Gasteiger partial charge in [0.2, 0.25) is 0 Å². The van der Waals surface area contributed by atoms with E-state index in [1.54, 1.807) is 0 Å². The lowest BCUT2D eigenvalue weighted by Gasteiger charge is -2.37. The molecule has 8 heteroatoms. The number of benzene rings is 1. The van der Waals surface area contributed by atoms with Gasteiger partial charge in [0.25, 0.3) is 0 Å². The molecule has 7 nitrogen and oxygen atoms in total. The van der Waals surface area contributed by atoms with E-state index in [2.05, 4.69) is 34.0 Å². The van der Waals surface area contributed by atoms with Crippen LogP contribution in [0, 0.1) is 6.92 Å². The average molecular weight is 437 g/mol. The van der Waals surface area contributed by atoms with Crippen molar-refractivity contribution in [1.29, 1.82) is 0 Å². The molecule has 0 amide bonds. The summed E-state index contributed by atoms with van der Waals surface area (Å²) in [6, 6.07) is 6.19. The highest BCUT2D eigenvalue weighted by atomic mass is 19.1. The molecule has 32 heavy (non-hydrogen) atoms. The largest absolute Gasteiger partial charge is 0.389 e. The van der Waals surface area contributed by atoms with Gasteiger partial charge in [-0.15, -0.1) is 0 Å². The van der Waals surface area contributed by atoms with Crippen LogP contribution in [0.15, 0.2) is 24.4 Å². The van der Waals surface area contributed by atoms with Crippen molar-refractivity contribution in [3.8, 4) is 5.82 Å². The molecule has 0 spiro atoms. The number of piperidine rings is 1. The number of aliphatic hydroxyl groups excluding tert-OH is 1. The Labute approximate surface area is 186 Å². The molecule has 0 bridgehead atoms. The molecule has 3 aliphatic rings. The van der Waals surface area contributed by atoms with E-state index in [1.807, 2.05) is 24.0 Å². The Hall–Kier alpha value is -2.58. The van der Waals surface area contributed by atoms with Gasteiger partial charge in [-0.05, 0) is 63.0 Å². The van der Waals surface area contributed by atoms with Crippen LogP contribution >= 0.6 is 0 Å². The molecule has 2 atom stereocenters. The van der Waals surface area contributed by atoms with Gasteiger partial charge in [-0.2, -0.15) is 5.10 Å². The van der Waals surface area contributed by atoms with E-state index in [1.165, 1.54) is 0 Å². The van der Waals surface area contributed by atoms with Gasteiger partial charge in [0.15, 0.2) is 5.82 Å². The third-order valence-electron chi connectivity index (χ3n) is 7.16. The van der Waals surface area contributed by atoms with Crippen molar-refractivity contribution in [2.45, 2.75) is 50.3 Å². The number of alkyl halides is 1. The second kappa shape index (κ2) is 7.49. The highest BCUT2D eigenvalue weighted by Crippen LogP contribution is 2.40. The maximum atomic E-state index is 15.0. The smallest absolute Gasteiger partial charge is 0.159 e. The fourth-order valence-corrected chi connectivity index (χ4v) is 5.07. The van der Waals surface area contributed by atoms with Gasteiger partial charge >= 0.3 is 0 Å². The molecular formula is C24H29FN6O. The van der Waals surface area contributed by atoms with Crippen LogP contribution < -0.4 is 4.90 Å². The van der Waals surface area contributed by atoms with Gasteiger partial charge in [0, 0.05) is 42.9 Å². The van der Waals surface area contributed by atoms with E-state index in [-0.39, 0.29) is 12.0 Å². The molecule has 1 saturated carbocycles. The van der Waals surface area contributed by atoms with E-state index < -0.39 is 6.17 Å². The molecule has 1 N–H and O–H groups in total. The number of hydrogen-bond acceptors (Lipinski definition) is 6. The number of aromatic nitrogens is 4. The fourth-order valence-electron chi connectivity index (χ4n) is 5.07. The second-order valence-corrected chi connectivity index (χ2v) is 9.77. The van der Waals surface area contributed by atoms with E-state index in [0.717, 1.165) is 65.3 Å². The van der Waals surface area contributed by atoms with Gasteiger partial charge < -0.3 is 14.9 Å². The lowest BCUT2D eigenvalue weighted by atomic mass is 9.85. The monoisotopic (exact) mass is 436 g/mol. The number of nitrogens with zero attached hydrogens (tertiary/aromatic N) is 6. The molecule has 3 fully saturated rings. The zero-order valence-corrected chi connectivity index (χ0v) is 18.6. The number of β-amino-alcohol motifs (C(OH)–C–C–N with tert-alkyl or cyclic N) is 1. The van der Waals surface area contributed by atoms with Crippen molar-refractivity contribution in [1.82, 2.24) is 24.6 Å². The minimum absolute atomic E-state index is 0.0930. The fraction of sp³-hybridized carbons (Fsp3) is 0.542. The zero-order valence-electron chi connectivity index (χ0n) is 18.6. The normalized spacial score (nSPS) is 24.8.